The van der Waals surface area contributed by atoms with E-state index in [9.17, 15) is 9.59 Å². The summed E-state index contributed by atoms with van der Waals surface area (Å²) >= 11 is 6.31. The number of unbranched alkanes of at least 4 members (excludes halogenated alkanes) is 1. The van der Waals surface area contributed by atoms with Crippen molar-refractivity contribution in [2.45, 2.75) is 33.1 Å². The second kappa shape index (κ2) is 9.28. The van der Waals surface area contributed by atoms with E-state index in [0.717, 1.165) is 47.1 Å². The summed E-state index contributed by atoms with van der Waals surface area (Å²) in [4.78, 5) is 27.1. The highest BCUT2D eigenvalue weighted by Gasteiger charge is 2.14. The summed E-state index contributed by atoms with van der Waals surface area (Å²) in [6, 6.07) is 15.8. The molecule has 8 heteroatoms. The number of nitrogens with one attached hydrogen (secondary N) is 3. The van der Waals surface area contributed by atoms with Crippen LogP contribution in [0, 0.1) is 6.92 Å². The molecule has 0 saturated heterocycles. The molecule has 0 radical (unpaired) electrons. The minimum Gasteiger partial charge on any atom is -0.322 e. The molecule has 2 heterocycles. The number of benzene rings is 2. The summed E-state index contributed by atoms with van der Waals surface area (Å²) in [6.45, 7) is 4.01. The minimum atomic E-state index is -0.411. The number of carbonyl (C=O) groups excluding carboxylic acids is 1. The lowest BCUT2D eigenvalue weighted by molar-refractivity contribution is 0.262. The highest BCUT2D eigenvalue weighted by atomic mass is 35.5. The zero-order chi connectivity index (χ0) is 22.7. The molecule has 2 amide bonds. The number of aromatic amines is 1. The molecule has 0 aliphatic carbocycles. The fraction of sp³-hybridized carbons (Fsp3) is 0.208. The van der Waals surface area contributed by atoms with Gasteiger partial charge in [-0.05, 0) is 55.7 Å². The van der Waals surface area contributed by atoms with Gasteiger partial charge in [-0.3, -0.25) is 10.1 Å². The van der Waals surface area contributed by atoms with Crippen LogP contribution in [0.4, 0.5) is 16.3 Å². The number of hydrogen-bond acceptors (Lipinski definition) is 3. The summed E-state index contributed by atoms with van der Waals surface area (Å²) in [6.07, 6.45) is 2.86. The van der Waals surface area contributed by atoms with Gasteiger partial charge in [0, 0.05) is 23.0 Å². The number of fused-ring (bicyclic) bond motifs is 1. The first-order valence-electron chi connectivity index (χ1n) is 10.5. The Morgan fingerprint density at radius 3 is 2.78 bits per heavy atom. The van der Waals surface area contributed by atoms with E-state index in [2.05, 4.69) is 22.5 Å². The van der Waals surface area contributed by atoms with Crippen LogP contribution in [0.5, 0.6) is 0 Å². The molecule has 0 saturated carbocycles. The molecule has 0 fully saturated rings. The average molecular weight is 450 g/mol. The van der Waals surface area contributed by atoms with Crippen molar-refractivity contribution in [2.24, 2.45) is 0 Å². The maximum Gasteiger partial charge on any atom is 0.324 e. The van der Waals surface area contributed by atoms with E-state index < -0.39 is 6.03 Å². The van der Waals surface area contributed by atoms with E-state index in [1.165, 1.54) is 6.07 Å². The molecule has 4 rings (SSSR count). The van der Waals surface area contributed by atoms with E-state index in [-0.39, 0.29) is 5.56 Å². The third-order valence-corrected chi connectivity index (χ3v) is 5.68. The van der Waals surface area contributed by atoms with E-state index in [4.69, 9.17) is 16.7 Å². The maximum atomic E-state index is 12.7. The van der Waals surface area contributed by atoms with Gasteiger partial charge in [0.25, 0.3) is 0 Å². The predicted octanol–water partition coefficient (Wildman–Crippen LogP) is 5.66. The van der Waals surface area contributed by atoms with Crippen LogP contribution in [0.3, 0.4) is 0 Å². The number of nitrogens with zero attached hydrogens (tertiary/aromatic N) is 2. The quantitative estimate of drug-likeness (QED) is 0.354. The number of rotatable bonds is 6. The number of H-pyrrole nitrogens is 1. The van der Waals surface area contributed by atoms with Gasteiger partial charge in [0.05, 0.1) is 22.1 Å². The van der Waals surface area contributed by atoms with E-state index in [1.807, 2.05) is 43.3 Å². The monoisotopic (exact) mass is 449 g/mol. The molecule has 0 bridgehead atoms. The van der Waals surface area contributed by atoms with Crippen LogP contribution < -0.4 is 16.2 Å². The predicted molar refractivity (Wildman–Crippen MR) is 129 cm³/mol. The minimum absolute atomic E-state index is 0.153. The molecule has 0 aliphatic rings. The van der Waals surface area contributed by atoms with Crippen LogP contribution in [0.15, 0.2) is 59.4 Å². The Morgan fingerprint density at radius 1 is 1.12 bits per heavy atom. The molecule has 164 valence electrons. The van der Waals surface area contributed by atoms with Gasteiger partial charge in [-0.15, -0.1) is 0 Å². The molecule has 0 atom stereocenters. The third kappa shape index (κ3) is 4.68. The van der Waals surface area contributed by atoms with E-state index in [0.29, 0.717) is 16.5 Å². The topological polar surface area (TPSA) is 91.8 Å². The Hall–Kier alpha value is -3.58. The Labute approximate surface area is 190 Å². The summed E-state index contributed by atoms with van der Waals surface area (Å²) < 4.78 is 1.70. The first kappa shape index (κ1) is 21.6. The fourth-order valence-corrected chi connectivity index (χ4v) is 3.66. The van der Waals surface area contributed by atoms with Gasteiger partial charge in [0.1, 0.15) is 5.82 Å². The van der Waals surface area contributed by atoms with Gasteiger partial charge in [0.15, 0.2) is 0 Å². The van der Waals surface area contributed by atoms with Crippen molar-refractivity contribution < 1.29 is 4.79 Å². The number of halogens is 1. The molecule has 0 spiro atoms. The van der Waals surface area contributed by atoms with Crippen molar-refractivity contribution in [3.8, 4) is 5.69 Å². The van der Waals surface area contributed by atoms with Gasteiger partial charge in [-0.1, -0.05) is 37.1 Å². The number of aryl methyl sites for hydroxylation is 2. The lowest BCUT2D eigenvalue weighted by Gasteiger charge is -2.12. The van der Waals surface area contributed by atoms with Gasteiger partial charge in [-0.25, -0.2) is 9.48 Å². The first-order valence-corrected chi connectivity index (χ1v) is 10.9. The Morgan fingerprint density at radius 2 is 1.97 bits per heavy atom. The van der Waals surface area contributed by atoms with Crippen molar-refractivity contribution in [3.63, 3.8) is 0 Å². The molecule has 2 aromatic carbocycles. The van der Waals surface area contributed by atoms with Crippen molar-refractivity contribution >= 4 is 40.0 Å². The molecule has 2 aromatic heterocycles. The van der Waals surface area contributed by atoms with Gasteiger partial charge in [-0.2, -0.15) is 5.10 Å². The number of anilines is 2. The number of amides is 2. The number of aromatic nitrogens is 3. The number of carbonyl (C=O) groups is 1. The zero-order valence-electron chi connectivity index (χ0n) is 17.9. The molecule has 4 aromatic rings. The van der Waals surface area contributed by atoms with Crippen LogP contribution in [-0.4, -0.2) is 20.8 Å². The lowest BCUT2D eigenvalue weighted by atomic mass is 10.2. The Balaban J connectivity index is 1.66. The van der Waals surface area contributed by atoms with Crippen LogP contribution in [0.2, 0.25) is 5.02 Å². The SMILES string of the molecule is CCCCc1cc(NC(=O)Nc2cccc(C)c2Cl)n(-c2ccc3[nH]c(=O)ccc3c2)n1. The molecular weight excluding hydrogens is 426 g/mol. The molecular formula is C24H24ClN5O2. The average Bonchev–Trinajstić information content (AvgIpc) is 3.17. The molecule has 3 N–H and O–H groups in total. The van der Waals surface area contributed by atoms with Crippen molar-refractivity contribution in [3.05, 3.63) is 81.2 Å². The largest absolute Gasteiger partial charge is 0.324 e. The highest BCUT2D eigenvalue weighted by molar-refractivity contribution is 6.34. The van der Waals surface area contributed by atoms with Crippen LogP contribution in [0.25, 0.3) is 16.6 Å². The number of urea groups is 1. The maximum absolute atomic E-state index is 12.7. The second-order valence-corrected chi connectivity index (χ2v) is 8.02. The van der Waals surface area contributed by atoms with Crippen molar-refractivity contribution in [2.75, 3.05) is 10.6 Å². The van der Waals surface area contributed by atoms with Gasteiger partial charge >= 0.3 is 6.03 Å². The zero-order valence-corrected chi connectivity index (χ0v) is 18.7. The van der Waals surface area contributed by atoms with Crippen LogP contribution in [-0.2, 0) is 6.42 Å². The van der Waals surface area contributed by atoms with Crippen molar-refractivity contribution in [1.82, 2.24) is 14.8 Å². The van der Waals surface area contributed by atoms with Gasteiger partial charge in [0.2, 0.25) is 5.56 Å². The summed E-state index contributed by atoms with van der Waals surface area (Å²) in [7, 11) is 0. The van der Waals surface area contributed by atoms with E-state index >= 15 is 0 Å². The number of hydrogen-bond donors (Lipinski definition) is 3. The smallest absolute Gasteiger partial charge is 0.322 e. The summed E-state index contributed by atoms with van der Waals surface area (Å²) in [5.74, 6) is 0.543. The van der Waals surface area contributed by atoms with Gasteiger partial charge < -0.3 is 10.3 Å². The number of pyridine rings is 1. The van der Waals surface area contributed by atoms with Crippen LogP contribution in [0.1, 0.15) is 31.0 Å². The Kier molecular flexibility index (Phi) is 6.28. The molecule has 0 unspecified atom stereocenters. The lowest BCUT2D eigenvalue weighted by Crippen LogP contribution is -2.21. The standard InChI is InChI=1S/C24H24ClN5O2/c1-3-4-7-17-14-21(28-24(32)27-20-8-5-6-15(2)23(20)25)30(29-17)18-10-11-19-16(13-18)9-12-22(31)26-19/h5-6,8-14H,3-4,7H2,1-2H3,(H,26,31)(H2,27,28,32). The first-order chi connectivity index (χ1) is 15.4. The fourth-order valence-electron chi connectivity index (χ4n) is 3.48. The summed E-state index contributed by atoms with van der Waals surface area (Å²) in [5.41, 5.74) is 3.66. The second-order valence-electron chi connectivity index (χ2n) is 7.65. The molecule has 7 nitrogen and oxygen atoms in total. The third-order valence-electron chi connectivity index (χ3n) is 5.18. The Bertz CT molecular complexity index is 1340. The molecule has 32 heavy (non-hydrogen) atoms. The van der Waals surface area contributed by atoms with Crippen LogP contribution >= 0.6 is 11.6 Å². The normalized spacial score (nSPS) is 11.0. The molecule has 0 aliphatic heterocycles. The summed E-state index contributed by atoms with van der Waals surface area (Å²) in [5, 5.41) is 11.8. The van der Waals surface area contributed by atoms with E-state index in [1.54, 1.807) is 16.8 Å². The highest BCUT2D eigenvalue weighted by Crippen LogP contribution is 2.26. The van der Waals surface area contributed by atoms with Crippen molar-refractivity contribution in [1.29, 1.82) is 0 Å².